The minimum atomic E-state index is -0.369. The van der Waals surface area contributed by atoms with Crippen LogP contribution in [0.1, 0.15) is 4.88 Å². The molecule has 0 bridgehead atoms. The van der Waals surface area contributed by atoms with Crippen LogP contribution in [0.15, 0.2) is 38.7 Å². The van der Waals surface area contributed by atoms with Crippen molar-refractivity contribution in [1.82, 2.24) is 19.7 Å². The second-order valence-electron chi connectivity index (χ2n) is 4.68. The van der Waals surface area contributed by atoms with E-state index >= 15 is 0 Å². The number of ether oxygens (including phenoxy) is 2. The third-order valence-corrected chi connectivity index (χ3v) is 5.13. The Labute approximate surface area is 143 Å². The molecule has 1 aliphatic rings. The Hall–Kier alpha value is -2.77. The zero-order valence-electron chi connectivity index (χ0n) is 12.1. The van der Waals surface area contributed by atoms with Crippen LogP contribution in [0.4, 0.5) is 0 Å². The van der Waals surface area contributed by atoms with Crippen molar-refractivity contribution in [3.8, 4) is 23.3 Å². The summed E-state index contributed by atoms with van der Waals surface area (Å²) in [5.41, 5.74) is 0.240. The fourth-order valence-electron chi connectivity index (χ4n) is 2.18. The maximum absolute atomic E-state index is 12.2. The van der Waals surface area contributed by atoms with Crippen LogP contribution < -0.4 is 15.2 Å². The highest BCUT2D eigenvalue weighted by Gasteiger charge is 2.17. The van der Waals surface area contributed by atoms with E-state index in [-0.39, 0.29) is 5.69 Å². The van der Waals surface area contributed by atoms with E-state index in [4.69, 9.17) is 14.7 Å². The third-order valence-electron chi connectivity index (χ3n) is 3.20. The van der Waals surface area contributed by atoms with Crippen molar-refractivity contribution in [3.63, 3.8) is 0 Å². The SMILES string of the molecule is N#Cc1cnc(Sc2n[nH]c(=O)n2-c2ccc3c(c2)OCCO3)s1. The first-order valence-corrected chi connectivity index (χ1v) is 8.49. The predicted octanol–water partition coefficient (Wildman–Crippen LogP) is 1.81. The van der Waals surface area contributed by atoms with Crippen LogP contribution in [-0.2, 0) is 0 Å². The van der Waals surface area contributed by atoms with Gasteiger partial charge in [0.2, 0.25) is 5.16 Å². The fraction of sp³-hybridized carbons (Fsp3) is 0.143. The van der Waals surface area contributed by atoms with Gasteiger partial charge in [-0.25, -0.2) is 19.4 Å². The van der Waals surface area contributed by atoms with E-state index in [2.05, 4.69) is 15.2 Å². The monoisotopic (exact) mass is 359 g/mol. The molecule has 1 aromatic carbocycles. The molecule has 0 fully saturated rings. The van der Waals surface area contributed by atoms with Gasteiger partial charge in [0.25, 0.3) is 0 Å². The number of thiazole rings is 1. The van der Waals surface area contributed by atoms with E-state index in [1.165, 1.54) is 33.9 Å². The second kappa shape index (κ2) is 6.03. The summed E-state index contributed by atoms with van der Waals surface area (Å²) in [5, 5.41) is 15.8. The van der Waals surface area contributed by atoms with Crippen LogP contribution in [0.3, 0.4) is 0 Å². The smallest absolute Gasteiger partial charge is 0.348 e. The Morgan fingerprint density at radius 1 is 1.33 bits per heavy atom. The molecule has 0 aliphatic carbocycles. The quantitative estimate of drug-likeness (QED) is 0.760. The third kappa shape index (κ3) is 2.64. The predicted molar refractivity (Wildman–Crippen MR) is 86.1 cm³/mol. The van der Waals surface area contributed by atoms with Gasteiger partial charge >= 0.3 is 5.69 Å². The van der Waals surface area contributed by atoms with E-state index in [9.17, 15) is 4.79 Å². The minimum Gasteiger partial charge on any atom is -0.486 e. The number of H-pyrrole nitrogens is 1. The molecule has 120 valence electrons. The van der Waals surface area contributed by atoms with Crippen LogP contribution >= 0.6 is 23.1 Å². The molecule has 1 N–H and O–H groups in total. The molecule has 3 heterocycles. The molecule has 10 heteroatoms. The summed E-state index contributed by atoms with van der Waals surface area (Å²) >= 11 is 2.45. The van der Waals surface area contributed by atoms with E-state index in [0.717, 1.165) is 0 Å². The van der Waals surface area contributed by atoms with Crippen molar-refractivity contribution in [1.29, 1.82) is 5.26 Å². The number of benzene rings is 1. The number of rotatable bonds is 3. The normalized spacial score (nSPS) is 12.8. The summed E-state index contributed by atoms with van der Waals surface area (Å²) in [5.74, 6) is 1.23. The van der Waals surface area contributed by atoms with Crippen molar-refractivity contribution in [2.75, 3.05) is 13.2 Å². The maximum atomic E-state index is 12.2. The summed E-state index contributed by atoms with van der Waals surface area (Å²) in [7, 11) is 0. The lowest BCUT2D eigenvalue weighted by Gasteiger charge is -2.19. The number of nitrogens with zero attached hydrogens (tertiary/aromatic N) is 4. The fourth-order valence-corrected chi connectivity index (χ4v) is 3.92. The Bertz CT molecular complexity index is 1000. The van der Waals surface area contributed by atoms with Gasteiger partial charge in [-0.2, -0.15) is 5.26 Å². The summed E-state index contributed by atoms with van der Waals surface area (Å²) in [4.78, 5) is 16.8. The van der Waals surface area contributed by atoms with E-state index in [1.807, 2.05) is 6.07 Å². The van der Waals surface area contributed by atoms with Crippen LogP contribution in [0.5, 0.6) is 11.5 Å². The molecule has 4 rings (SSSR count). The number of fused-ring (bicyclic) bond motifs is 1. The molecule has 0 saturated heterocycles. The number of hydrogen-bond acceptors (Lipinski definition) is 8. The second-order valence-corrected chi connectivity index (χ2v) is 6.92. The summed E-state index contributed by atoms with van der Waals surface area (Å²) in [6, 6.07) is 7.29. The average molecular weight is 359 g/mol. The Morgan fingerprint density at radius 2 is 2.17 bits per heavy atom. The van der Waals surface area contributed by atoms with Gasteiger partial charge in [0.1, 0.15) is 24.2 Å². The molecule has 0 amide bonds. The summed E-state index contributed by atoms with van der Waals surface area (Å²) in [6.45, 7) is 0.971. The molecule has 0 unspecified atom stereocenters. The average Bonchev–Trinajstić information content (AvgIpc) is 3.21. The molecule has 0 radical (unpaired) electrons. The van der Waals surface area contributed by atoms with E-state index < -0.39 is 0 Å². The van der Waals surface area contributed by atoms with Gasteiger partial charge in [0.15, 0.2) is 15.8 Å². The first-order chi connectivity index (χ1) is 11.7. The molecule has 1 aliphatic heterocycles. The van der Waals surface area contributed by atoms with Gasteiger partial charge in [-0.15, -0.1) is 5.10 Å². The first-order valence-electron chi connectivity index (χ1n) is 6.86. The highest BCUT2D eigenvalue weighted by Crippen LogP contribution is 2.34. The molecule has 0 spiro atoms. The zero-order valence-corrected chi connectivity index (χ0v) is 13.7. The van der Waals surface area contributed by atoms with Crippen LogP contribution in [0.25, 0.3) is 5.69 Å². The lowest BCUT2D eigenvalue weighted by Crippen LogP contribution is -2.18. The largest absolute Gasteiger partial charge is 0.486 e. The highest BCUT2D eigenvalue weighted by molar-refractivity contribution is 8.00. The number of hydrogen-bond donors (Lipinski definition) is 1. The lowest BCUT2D eigenvalue weighted by molar-refractivity contribution is 0.171. The van der Waals surface area contributed by atoms with Gasteiger partial charge in [-0.3, -0.25) is 0 Å². The summed E-state index contributed by atoms with van der Waals surface area (Å²) < 4.78 is 13.1. The Balaban J connectivity index is 1.72. The van der Waals surface area contributed by atoms with Gasteiger partial charge < -0.3 is 9.47 Å². The minimum absolute atomic E-state index is 0.369. The molecular formula is C14H9N5O3S2. The highest BCUT2D eigenvalue weighted by atomic mass is 32.2. The topological polar surface area (TPSA) is 106 Å². The number of nitrogens with one attached hydrogen (secondary N) is 1. The van der Waals surface area contributed by atoms with Crippen molar-refractivity contribution >= 4 is 23.1 Å². The molecule has 8 nitrogen and oxygen atoms in total. The van der Waals surface area contributed by atoms with Crippen molar-refractivity contribution in [2.24, 2.45) is 0 Å². The molecule has 24 heavy (non-hydrogen) atoms. The van der Waals surface area contributed by atoms with Crippen LogP contribution in [0.2, 0.25) is 0 Å². The van der Waals surface area contributed by atoms with Crippen LogP contribution in [0, 0.1) is 11.3 Å². The lowest BCUT2D eigenvalue weighted by atomic mass is 10.2. The molecule has 0 saturated carbocycles. The Morgan fingerprint density at radius 3 is 2.96 bits per heavy atom. The van der Waals surface area contributed by atoms with Gasteiger partial charge in [0, 0.05) is 6.07 Å². The van der Waals surface area contributed by atoms with Gasteiger partial charge in [-0.05, 0) is 23.9 Å². The van der Waals surface area contributed by atoms with Gasteiger partial charge in [-0.1, -0.05) is 11.3 Å². The number of aromatic amines is 1. The van der Waals surface area contributed by atoms with Crippen molar-refractivity contribution in [3.05, 3.63) is 39.8 Å². The summed E-state index contributed by atoms with van der Waals surface area (Å²) in [6.07, 6.45) is 1.49. The maximum Gasteiger partial charge on any atom is 0.348 e. The molecule has 3 aromatic rings. The van der Waals surface area contributed by atoms with Crippen molar-refractivity contribution < 1.29 is 9.47 Å². The number of nitriles is 1. The number of aromatic nitrogens is 4. The van der Waals surface area contributed by atoms with Crippen molar-refractivity contribution in [2.45, 2.75) is 9.50 Å². The standard InChI is InChI=1S/C14H9N5O3S2/c15-6-9-7-16-14(23-9)24-13-18-17-12(20)19(13)8-1-2-10-11(5-8)22-4-3-21-10/h1-2,5,7H,3-4H2,(H,17,20). The van der Waals surface area contributed by atoms with Crippen LogP contribution in [-0.4, -0.2) is 33.0 Å². The van der Waals surface area contributed by atoms with E-state index in [1.54, 1.807) is 18.2 Å². The Kier molecular flexibility index (Phi) is 3.72. The zero-order chi connectivity index (χ0) is 16.5. The molecular weight excluding hydrogens is 350 g/mol. The van der Waals surface area contributed by atoms with E-state index in [0.29, 0.717) is 44.8 Å². The first kappa shape index (κ1) is 14.8. The van der Waals surface area contributed by atoms with Gasteiger partial charge in [0.05, 0.1) is 11.9 Å². The molecule has 2 aromatic heterocycles. The molecule has 0 atom stereocenters.